The molecular formula is C12H25NO4S. The van der Waals surface area contributed by atoms with Crippen molar-refractivity contribution in [2.45, 2.75) is 43.3 Å². The Morgan fingerprint density at radius 1 is 1.50 bits per heavy atom. The quantitative estimate of drug-likeness (QED) is 0.659. The van der Waals surface area contributed by atoms with Gasteiger partial charge >= 0.3 is 0 Å². The first-order valence-electron chi connectivity index (χ1n) is 6.54. The third kappa shape index (κ3) is 4.19. The van der Waals surface area contributed by atoms with Gasteiger partial charge in [-0.3, -0.25) is 0 Å². The minimum atomic E-state index is -3.10. The van der Waals surface area contributed by atoms with E-state index in [-0.39, 0.29) is 16.6 Å². The molecule has 1 N–H and O–H groups in total. The summed E-state index contributed by atoms with van der Waals surface area (Å²) < 4.78 is 34.9. The summed E-state index contributed by atoms with van der Waals surface area (Å²) in [6.07, 6.45) is 1.34. The summed E-state index contributed by atoms with van der Waals surface area (Å²) in [5.74, 6) is 0. The van der Waals surface area contributed by atoms with E-state index in [4.69, 9.17) is 9.47 Å². The minimum Gasteiger partial charge on any atom is -0.385 e. The Bertz CT molecular complexity index is 331. The van der Waals surface area contributed by atoms with Gasteiger partial charge in [-0.1, -0.05) is 0 Å². The summed E-state index contributed by atoms with van der Waals surface area (Å²) in [6, 6.07) is 0. The first-order valence-corrected chi connectivity index (χ1v) is 8.15. The van der Waals surface area contributed by atoms with Crippen LogP contribution in [0.15, 0.2) is 0 Å². The maximum Gasteiger partial charge on any atom is 0.159 e. The Morgan fingerprint density at radius 2 is 2.22 bits per heavy atom. The van der Waals surface area contributed by atoms with Crippen molar-refractivity contribution in [1.82, 2.24) is 5.32 Å². The molecule has 0 saturated carbocycles. The fourth-order valence-corrected chi connectivity index (χ4v) is 4.19. The molecule has 1 rings (SSSR count). The van der Waals surface area contributed by atoms with Crippen molar-refractivity contribution >= 4 is 9.84 Å². The van der Waals surface area contributed by atoms with E-state index in [0.29, 0.717) is 26.2 Å². The Kier molecular flexibility index (Phi) is 6.55. The first kappa shape index (κ1) is 15.9. The van der Waals surface area contributed by atoms with Gasteiger partial charge in [0.15, 0.2) is 9.84 Å². The molecule has 0 spiro atoms. The van der Waals surface area contributed by atoms with E-state index in [2.05, 4.69) is 5.32 Å². The van der Waals surface area contributed by atoms with Crippen molar-refractivity contribution in [2.24, 2.45) is 0 Å². The second-order valence-electron chi connectivity index (χ2n) is 4.85. The summed E-state index contributed by atoms with van der Waals surface area (Å²) in [5, 5.41) is 2.46. The van der Waals surface area contributed by atoms with Crippen LogP contribution in [0.5, 0.6) is 0 Å². The zero-order valence-electron chi connectivity index (χ0n) is 11.5. The topological polar surface area (TPSA) is 64.6 Å². The van der Waals surface area contributed by atoms with Crippen molar-refractivity contribution in [3.8, 4) is 0 Å². The van der Waals surface area contributed by atoms with Crippen LogP contribution in [0.1, 0.15) is 26.7 Å². The van der Waals surface area contributed by atoms with Crippen LogP contribution < -0.4 is 5.32 Å². The lowest BCUT2D eigenvalue weighted by atomic mass is 10.3. The highest BCUT2D eigenvalue weighted by atomic mass is 32.2. The monoisotopic (exact) mass is 279 g/mol. The predicted molar refractivity (Wildman–Crippen MR) is 71.6 cm³/mol. The van der Waals surface area contributed by atoms with Crippen molar-refractivity contribution in [3.05, 3.63) is 0 Å². The van der Waals surface area contributed by atoms with Gasteiger partial charge in [-0.25, -0.2) is 8.42 Å². The normalized spacial score (nSPS) is 26.4. The molecule has 1 aliphatic rings. The standard InChI is InChI=1S/C12H25NO4S/c1-10(9-13-6-4-7-16-3)18(14,15)12-5-8-17-11(12)2/h10-13H,4-9H2,1-3H3. The van der Waals surface area contributed by atoms with E-state index >= 15 is 0 Å². The maximum absolute atomic E-state index is 12.3. The summed E-state index contributed by atoms with van der Waals surface area (Å²) in [6.45, 7) is 6.14. The van der Waals surface area contributed by atoms with E-state index in [1.54, 1.807) is 14.0 Å². The highest BCUT2D eigenvalue weighted by Crippen LogP contribution is 2.23. The van der Waals surface area contributed by atoms with Crippen molar-refractivity contribution in [3.63, 3.8) is 0 Å². The molecule has 0 aromatic heterocycles. The van der Waals surface area contributed by atoms with Gasteiger partial charge in [0.2, 0.25) is 0 Å². The van der Waals surface area contributed by atoms with Crippen LogP contribution in [-0.4, -0.2) is 58.4 Å². The molecular weight excluding hydrogens is 254 g/mol. The average molecular weight is 279 g/mol. The van der Waals surface area contributed by atoms with Gasteiger partial charge in [-0.05, 0) is 33.2 Å². The lowest BCUT2D eigenvalue weighted by Gasteiger charge is -2.20. The average Bonchev–Trinajstić information content (AvgIpc) is 2.75. The molecule has 0 radical (unpaired) electrons. The van der Waals surface area contributed by atoms with Gasteiger partial charge in [-0.15, -0.1) is 0 Å². The molecule has 0 aromatic carbocycles. The van der Waals surface area contributed by atoms with Gasteiger partial charge in [0.25, 0.3) is 0 Å². The second kappa shape index (κ2) is 7.43. The summed E-state index contributed by atoms with van der Waals surface area (Å²) in [4.78, 5) is 0. The maximum atomic E-state index is 12.3. The number of hydrogen-bond acceptors (Lipinski definition) is 5. The van der Waals surface area contributed by atoms with Crippen LogP contribution >= 0.6 is 0 Å². The number of sulfone groups is 1. The molecule has 5 nitrogen and oxygen atoms in total. The van der Waals surface area contributed by atoms with Gasteiger partial charge in [0.05, 0.1) is 16.6 Å². The molecule has 0 aromatic rings. The SMILES string of the molecule is COCCCNCC(C)S(=O)(=O)C1CCOC1C. The van der Waals surface area contributed by atoms with Crippen LogP contribution in [0.3, 0.4) is 0 Å². The fourth-order valence-electron chi connectivity index (χ4n) is 2.20. The molecule has 18 heavy (non-hydrogen) atoms. The molecule has 108 valence electrons. The zero-order chi connectivity index (χ0) is 13.6. The molecule has 3 atom stereocenters. The summed E-state index contributed by atoms with van der Waals surface area (Å²) in [5.41, 5.74) is 0. The minimum absolute atomic E-state index is 0.175. The molecule has 0 bridgehead atoms. The molecule has 6 heteroatoms. The van der Waals surface area contributed by atoms with Crippen molar-refractivity contribution in [2.75, 3.05) is 33.4 Å². The zero-order valence-corrected chi connectivity index (χ0v) is 12.3. The first-order chi connectivity index (χ1) is 8.50. The number of rotatable bonds is 8. The Hall–Kier alpha value is -0.170. The molecule has 0 aliphatic carbocycles. The number of hydrogen-bond donors (Lipinski definition) is 1. The number of methoxy groups -OCH3 is 1. The van der Waals surface area contributed by atoms with Crippen LogP contribution in [0.25, 0.3) is 0 Å². The van der Waals surface area contributed by atoms with E-state index < -0.39 is 9.84 Å². The van der Waals surface area contributed by atoms with E-state index in [1.807, 2.05) is 6.92 Å². The van der Waals surface area contributed by atoms with Crippen LogP contribution in [0.2, 0.25) is 0 Å². The largest absolute Gasteiger partial charge is 0.385 e. The predicted octanol–water partition coefficient (Wildman–Crippen LogP) is 0.593. The second-order valence-corrected chi connectivity index (χ2v) is 7.44. The van der Waals surface area contributed by atoms with Crippen LogP contribution in [-0.2, 0) is 19.3 Å². The van der Waals surface area contributed by atoms with E-state index in [9.17, 15) is 8.42 Å². The molecule has 1 aliphatic heterocycles. The van der Waals surface area contributed by atoms with Crippen molar-refractivity contribution < 1.29 is 17.9 Å². The van der Waals surface area contributed by atoms with Crippen LogP contribution in [0.4, 0.5) is 0 Å². The smallest absolute Gasteiger partial charge is 0.159 e. The summed E-state index contributed by atoms with van der Waals surface area (Å²) in [7, 11) is -1.44. The Balaban J connectivity index is 2.37. The number of nitrogens with one attached hydrogen (secondary N) is 1. The Morgan fingerprint density at radius 3 is 2.78 bits per heavy atom. The van der Waals surface area contributed by atoms with Gasteiger partial charge in [-0.2, -0.15) is 0 Å². The third-order valence-electron chi connectivity index (χ3n) is 3.42. The number of ether oxygens (including phenoxy) is 2. The van der Waals surface area contributed by atoms with E-state index in [0.717, 1.165) is 13.0 Å². The summed E-state index contributed by atoms with van der Waals surface area (Å²) >= 11 is 0. The van der Waals surface area contributed by atoms with Gasteiger partial charge < -0.3 is 14.8 Å². The third-order valence-corrected chi connectivity index (χ3v) is 6.17. The molecule has 1 saturated heterocycles. The highest BCUT2D eigenvalue weighted by Gasteiger charge is 2.38. The Labute approximate surface area is 110 Å². The fraction of sp³-hybridized carbons (Fsp3) is 1.00. The lowest BCUT2D eigenvalue weighted by molar-refractivity contribution is 0.126. The highest BCUT2D eigenvalue weighted by molar-refractivity contribution is 7.92. The van der Waals surface area contributed by atoms with Crippen molar-refractivity contribution in [1.29, 1.82) is 0 Å². The molecule has 0 amide bonds. The van der Waals surface area contributed by atoms with Gasteiger partial charge in [0.1, 0.15) is 0 Å². The van der Waals surface area contributed by atoms with Crippen LogP contribution in [0, 0.1) is 0 Å². The van der Waals surface area contributed by atoms with Gasteiger partial charge in [0, 0.05) is 26.9 Å². The van der Waals surface area contributed by atoms with E-state index in [1.165, 1.54) is 0 Å². The lowest BCUT2D eigenvalue weighted by Crippen LogP contribution is -2.40. The molecule has 1 heterocycles. The molecule has 1 fully saturated rings. The molecule has 3 unspecified atom stereocenters.